The second kappa shape index (κ2) is 12.1. The number of nitrogens with zero attached hydrogens (tertiary/aromatic N) is 1. The maximum atomic E-state index is 12.4. The van der Waals surface area contributed by atoms with Gasteiger partial charge in [0.15, 0.2) is 11.5 Å². The summed E-state index contributed by atoms with van der Waals surface area (Å²) in [6.45, 7) is 10.1. The Bertz CT molecular complexity index is 781. The lowest BCUT2D eigenvalue weighted by atomic mass is 10.2. The van der Waals surface area contributed by atoms with E-state index in [1.165, 1.54) is 12.1 Å². The van der Waals surface area contributed by atoms with Gasteiger partial charge in [0.1, 0.15) is 13.2 Å². The number of carbonyl (C=O) groups is 1. The Balaban J connectivity index is 1.63. The molecule has 0 aliphatic carbocycles. The van der Waals surface area contributed by atoms with Crippen molar-refractivity contribution in [2.24, 2.45) is 0 Å². The molecule has 0 spiro atoms. The SMILES string of the molecule is CCN(CC)C(C)CNC(=O)CCCCCNS(=O)(=O)c1ccc2c(c1)OCCO2. The van der Waals surface area contributed by atoms with E-state index >= 15 is 0 Å². The summed E-state index contributed by atoms with van der Waals surface area (Å²) in [6.07, 6.45) is 2.65. The van der Waals surface area contributed by atoms with Crippen molar-refractivity contribution in [2.45, 2.75) is 57.4 Å². The Kier molecular flexibility index (Phi) is 9.87. The fraction of sp³-hybridized carbons (Fsp3) is 0.667. The zero-order valence-electron chi connectivity index (χ0n) is 18.3. The van der Waals surface area contributed by atoms with Crippen LogP contribution in [0.2, 0.25) is 0 Å². The zero-order valence-corrected chi connectivity index (χ0v) is 19.1. The van der Waals surface area contributed by atoms with Gasteiger partial charge in [-0.1, -0.05) is 20.3 Å². The molecule has 2 rings (SSSR count). The number of hydrogen-bond acceptors (Lipinski definition) is 6. The third kappa shape index (κ3) is 7.45. The standard InChI is InChI=1S/C21H35N3O5S/c1-4-24(5-2)17(3)16-22-21(25)9-7-6-8-12-23-30(26,27)18-10-11-19-20(15-18)29-14-13-28-19/h10-11,15,17,23H,4-9,12-14,16H2,1-3H3,(H,22,25). The van der Waals surface area contributed by atoms with Crippen LogP contribution in [-0.4, -0.2) is 64.7 Å². The first-order valence-electron chi connectivity index (χ1n) is 10.8. The van der Waals surface area contributed by atoms with Gasteiger partial charge in [0, 0.05) is 31.6 Å². The van der Waals surface area contributed by atoms with Crippen molar-refractivity contribution in [3.8, 4) is 11.5 Å². The summed E-state index contributed by atoms with van der Waals surface area (Å²) >= 11 is 0. The van der Waals surface area contributed by atoms with E-state index in [0.29, 0.717) is 56.7 Å². The number of benzene rings is 1. The van der Waals surface area contributed by atoms with Crippen molar-refractivity contribution in [1.29, 1.82) is 0 Å². The van der Waals surface area contributed by atoms with Gasteiger partial charge in [-0.2, -0.15) is 0 Å². The number of nitrogens with one attached hydrogen (secondary N) is 2. The molecule has 1 aromatic rings. The van der Waals surface area contributed by atoms with Gasteiger partial charge >= 0.3 is 0 Å². The van der Waals surface area contributed by atoms with Gasteiger partial charge in [-0.05, 0) is 45.0 Å². The summed E-state index contributed by atoms with van der Waals surface area (Å²) in [4.78, 5) is 14.4. The van der Waals surface area contributed by atoms with E-state index in [1.54, 1.807) is 6.07 Å². The number of amides is 1. The minimum Gasteiger partial charge on any atom is -0.486 e. The van der Waals surface area contributed by atoms with E-state index in [2.05, 4.69) is 35.7 Å². The van der Waals surface area contributed by atoms with Crippen molar-refractivity contribution < 1.29 is 22.7 Å². The molecular formula is C21H35N3O5S. The molecule has 0 saturated carbocycles. The summed E-state index contributed by atoms with van der Waals surface area (Å²) in [5.74, 6) is 1.06. The number of likely N-dealkylation sites (N-methyl/N-ethyl adjacent to an activating group) is 1. The summed E-state index contributed by atoms with van der Waals surface area (Å²) in [5, 5.41) is 2.98. The van der Waals surface area contributed by atoms with E-state index in [9.17, 15) is 13.2 Å². The van der Waals surface area contributed by atoms with Crippen LogP contribution < -0.4 is 19.5 Å². The highest BCUT2D eigenvalue weighted by Crippen LogP contribution is 2.32. The van der Waals surface area contributed by atoms with Crippen LogP contribution in [-0.2, 0) is 14.8 Å². The topological polar surface area (TPSA) is 97.0 Å². The molecule has 1 aliphatic rings. The molecule has 1 aliphatic heterocycles. The Morgan fingerprint density at radius 2 is 1.80 bits per heavy atom. The number of fused-ring (bicyclic) bond motifs is 1. The van der Waals surface area contributed by atoms with Gasteiger partial charge in [0.2, 0.25) is 15.9 Å². The highest BCUT2D eigenvalue weighted by atomic mass is 32.2. The number of ether oxygens (including phenoxy) is 2. The fourth-order valence-corrected chi connectivity index (χ4v) is 4.48. The summed E-state index contributed by atoms with van der Waals surface area (Å²) < 4.78 is 38.3. The molecule has 1 atom stereocenters. The fourth-order valence-electron chi connectivity index (χ4n) is 3.39. The second-order valence-corrected chi connectivity index (χ2v) is 9.16. The minimum absolute atomic E-state index is 0.0471. The molecule has 1 heterocycles. The molecule has 8 nitrogen and oxygen atoms in total. The maximum Gasteiger partial charge on any atom is 0.240 e. The van der Waals surface area contributed by atoms with Crippen LogP contribution in [0.5, 0.6) is 11.5 Å². The van der Waals surface area contributed by atoms with Crippen LogP contribution in [0, 0.1) is 0 Å². The van der Waals surface area contributed by atoms with Crippen LogP contribution in [0.4, 0.5) is 0 Å². The highest BCUT2D eigenvalue weighted by Gasteiger charge is 2.19. The maximum absolute atomic E-state index is 12.4. The van der Waals surface area contributed by atoms with Crippen LogP contribution >= 0.6 is 0 Å². The molecule has 1 amide bonds. The normalized spacial score (nSPS) is 14.5. The average molecular weight is 442 g/mol. The smallest absolute Gasteiger partial charge is 0.240 e. The summed E-state index contributed by atoms with van der Waals surface area (Å²) in [7, 11) is -3.60. The lowest BCUT2D eigenvalue weighted by Crippen LogP contribution is -2.41. The van der Waals surface area contributed by atoms with E-state index in [4.69, 9.17) is 9.47 Å². The van der Waals surface area contributed by atoms with Crippen molar-refractivity contribution in [3.05, 3.63) is 18.2 Å². The molecule has 1 unspecified atom stereocenters. The van der Waals surface area contributed by atoms with E-state index < -0.39 is 10.0 Å². The summed E-state index contributed by atoms with van der Waals surface area (Å²) in [6, 6.07) is 4.93. The number of hydrogen-bond donors (Lipinski definition) is 2. The minimum atomic E-state index is -3.60. The Morgan fingerprint density at radius 1 is 1.10 bits per heavy atom. The van der Waals surface area contributed by atoms with Crippen molar-refractivity contribution in [1.82, 2.24) is 14.9 Å². The van der Waals surface area contributed by atoms with Crippen LogP contribution in [0.25, 0.3) is 0 Å². The monoisotopic (exact) mass is 441 g/mol. The molecule has 1 aromatic carbocycles. The van der Waals surface area contributed by atoms with E-state index in [1.807, 2.05) is 0 Å². The van der Waals surface area contributed by atoms with E-state index in [0.717, 1.165) is 25.9 Å². The van der Waals surface area contributed by atoms with Gasteiger partial charge in [0.05, 0.1) is 4.90 Å². The largest absolute Gasteiger partial charge is 0.486 e. The Morgan fingerprint density at radius 3 is 2.50 bits per heavy atom. The first-order valence-corrected chi connectivity index (χ1v) is 12.3. The molecule has 2 N–H and O–H groups in total. The molecule has 0 saturated heterocycles. The third-order valence-electron chi connectivity index (χ3n) is 5.23. The zero-order chi connectivity index (χ0) is 22.0. The van der Waals surface area contributed by atoms with Gasteiger partial charge in [-0.3, -0.25) is 9.69 Å². The van der Waals surface area contributed by atoms with Crippen LogP contribution in [0.1, 0.15) is 46.5 Å². The predicted molar refractivity (Wildman–Crippen MR) is 116 cm³/mol. The highest BCUT2D eigenvalue weighted by molar-refractivity contribution is 7.89. The molecular weight excluding hydrogens is 406 g/mol. The lowest BCUT2D eigenvalue weighted by Gasteiger charge is -2.26. The van der Waals surface area contributed by atoms with Gasteiger partial charge in [0.25, 0.3) is 0 Å². The Labute approximate surface area is 180 Å². The van der Waals surface area contributed by atoms with Crippen molar-refractivity contribution >= 4 is 15.9 Å². The molecule has 0 aromatic heterocycles. The number of unbranched alkanes of at least 4 members (excludes halogenated alkanes) is 2. The Hall–Kier alpha value is -1.84. The van der Waals surface area contributed by atoms with Gasteiger partial charge < -0.3 is 14.8 Å². The van der Waals surface area contributed by atoms with Crippen molar-refractivity contribution in [2.75, 3.05) is 39.4 Å². The van der Waals surface area contributed by atoms with E-state index in [-0.39, 0.29) is 10.8 Å². The molecule has 9 heteroatoms. The number of carbonyl (C=O) groups excluding carboxylic acids is 1. The number of sulfonamides is 1. The molecule has 170 valence electrons. The molecule has 30 heavy (non-hydrogen) atoms. The van der Waals surface area contributed by atoms with Crippen molar-refractivity contribution in [3.63, 3.8) is 0 Å². The van der Waals surface area contributed by atoms with Gasteiger partial charge in [-0.15, -0.1) is 0 Å². The first-order chi connectivity index (χ1) is 14.4. The molecule has 0 fully saturated rings. The van der Waals surface area contributed by atoms with Crippen LogP contribution in [0.3, 0.4) is 0 Å². The average Bonchev–Trinajstić information content (AvgIpc) is 2.75. The third-order valence-corrected chi connectivity index (χ3v) is 6.69. The number of rotatable bonds is 13. The summed E-state index contributed by atoms with van der Waals surface area (Å²) in [5.41, 5.74) is 0. The predicted octanol–water partition coefficient (Wildman–Crippen LogP) is 2.14. The molecule has 0 bridgehead atoms. The van der Waals surface area contributed by atoms with Gasteiger partial charge in [-0.25, -0.2) is 13.1 Å². The second-order valence-electron chi connectivity index (χ2n) is 7.39. The first kappa shape index (κ1) is 24.4. The van der Waals surface area contributed by atoms with Crippen LogP contribution in [0.15, 0.2) is 23.1 Å². The molecule has 0 radical (unpaired) electrons. The quantitative estimate of drug-likeness (QED) is 0.455. The lowest BCUT2D eigenvalue weighted by molar-refractivity contribution is -0.121.